The molecule has 158 valence electrons. The molecule has 0 atom stereocenters. The highest BCUT2D eigenvalue weighted by atomic mass is 19.1. The Labute approximate surface area is 174 Å². The Hall–Kier alpha value is -3.13. The lowest BCUT2D eigenvalue weighted by molar-refractivity contribution is 0.259. The van der Waals surface area contributed by atoms with E-state index >= 15 is 0 Å². The molecule has 0 radical (unpaired) electrons. The number of ether oxygens (including phenoxy) is 2. The molecule has 0 saturated carbocycles. The predicted octanol–water partition coefficient (Wildman–Crippen LogP) is 2.44. The van der Waals surface area contributed by atoms with Gasteiger partial charge in [0.05, 0.1) is 30.8 Å². The van der Waals surface area contributed by atoms with E-state index in [2.05, 4.69) is 19.8 Å². The van der Waals surface area contributed by atoms with E-state index < -0.39 is 0 Å². The minimum absolute atomic E-state index is 0.184. The molecule has 3 aromatic rings. The van der Waals surface area contributed by atoms with Crippen molar-refractivity contribution in [1.82, 2.24) is 14.9 Å². The summed E-state index contributed by atoms with van der Waals surface area (Å²) in [6, 6.07) is 10.2. The van der Waals surface area contributed by atoms with Crippen LogP contribution in [0.5, 0.6) is 11.5 Å². The molecule has 4 rings (SSSR count). The Morgan fingerprint density at radius 3 is 2.47 bits per heavy atom. The van der Waals surface area contributed by atoms with Crippen molar-refractivity contribution in [1.29, 1.82) is 0 Å². The van der Waals surface area contributed by atoms with Gasteiger partial charge in [-0.1, -0.05) is 12.1 Å². The minimum atomic E-state index is -0.194. The zero-order valence-corrected chi connectivity index (χ0v) is 17.2. The number of hydrogen-bond acceptors (Lipinski definition) is 6. The van der Waals surface area contributed by atoms with Gasteiger partial charge < -0.3 is 19.4 Å². The first-order chi connectivity index (χ1) is 14.6. The molecule has 0 bridgehead atoms. The third kappa shape index (κ3) is 4.09. The highest BCUT2D eigenvalue weighted by Gasteiger charge is 2.19. The number of methoxy groups -OCH3 is 2. The quantitative estimate of drug-likeness (QED) is 0.671. The maximum atomic E-state index is 14.0. The predicted molar refractivity (Wildman–Crippen MR) is 114 cm³/mol. The summed E-state index contributed by atoms with van der Waals surface area (Å²) in [6.45, 7) is 3.96. The second kappa shape index (κ2) is 8.71. The summed E-state index contributed by atoms with van der Waals surface area (Å²) in [7, 11) is 3.09. The fourth-order valence-corrected chi connectivity index (χ4v) is 3.82. The van der Waals surface area contributed by atoms with Gasteiger partial charge in [0.1, 0.15) is 11.6 Å². The molecule has 0 aliphatic carbocycles. The first-order valence-electron chi connectivity index (χ1n) is 9.96. The van der Waals surface area contributed by atoms with Gasteiger partial charge in [-0.3, -0.25) is 9.69 Å². The Bertz CT molecular complexity index is 1090. The number of para-hydroxylation sites is 1. The lowest BCUT2D eigenvalue weighted by atomic mass is 10.2. The number of fused-ring (bicyclic) bond motifs is 1. The van der Waals surface area contributed by atoms with Gasteiger partial charge in [-0.25, -0.2) is 9.37 Å². The van der Waals surface area contributed by atoms with Crippen LogP contribution in [0, 0.1) is 5.82 Å². The molecule has 0 spiro atoms. The highest BCUT2D eigenvalue weighted by molar-refractivity contribution is 5.81. The van der Waals surface area contributed by atoms with E-state index in [9.17, 15) is 9.18 Å². The van der Waals surface area contributed by atoms with Gasteiger partial charge in [-0.2, -0.15) is 0 Å². The molecular formula is C22H25FN4O3. The van der Waals surface area contributed by atoms with Gasteiger partial charge in [0, 0.05) is 45.2 Å². The first kappa shape index (κ1) is 20.2. The van der Waals surface area contributed by atoms with Crippen LogP contribution in [-0.4, -0.2) is 61.8 Å². The first-order valence-corrected chi connectivity index (χ1v) is 9.96. The number of H-pyrrole nitrogens is 1. The minimum Gasteiger partial charge on any atom is -0.493 e. The fraction of sp³-hybridized carbons (Fsp3) is 0.364. The number of piperazine rings is 1. The van der Waals surface area contributed by atoms with Crippen LogP contribution >= 0.6 is 0 Å². The Kier molecular flexibility index (Phi) is 5.85. The second-order valence-electron chi connectivity index (χ2n) is 7.27. The van der Waals surface area contributed by atoms with E-state index in [0.717, 1.165) is 32.7 Å². The van der Waals surface area contributed by atoms with Crippen LogP contribution in [-0.2, 0) is 6.42 Å². The normalized spacial score (nSPS) is 14.8. The van der Waals surface area contributed by atoms with Crippen LogP contribution in [0.25, 0.3) is 10.9 Å². The topological polar surface area (TPSA) is 70.7 Å². The van der Waals surface area contributed by atoms with Crippen LogP contribution < -0.4 is 19.9 Å². The highest BCUT2D eigenvalue weighted by Crippen LogP contribution is 2.30. The third-order valence-electron chi connectivity index (χ3n) is 5.49. The lowest BCUT2D eigenvalue weighted by Crippen LogP contribution is -2.47. The number of rotatable bonds is 6. The number of aromatic amines is 1. The standard InChI is InChI=1S/C22H25FN4O3/c1-29-19-13-15-17(14-20(19)30-2)24-21(25-22(15)28)7-8-26-9-11-27(12-10-26)18-6-4-3-5-16(18)23/h3-6,13-14H,7-12H2,1-2H3,(H,24,25,28). The van der Waals surface area contributed by atoms with Crippen LogP contribution in [0.2, 0.25) is 0 Å². The number of halogens is 1. The van der Waals surface area contributed by atoms with Gasteiger partial charge in [0.25, 0.3) is 5.56 Å². The lowest BCUT2D eigenvalue weighted by Gasteiger charge is -2.36. The van der Waals surface area contributed by atoms with Crippen molar-refractivity contribution in [2.24, 2.45) is 0 Å². The van der Waals surface area contributed by atoms with Crippen molar-refractivity contribution in [3.8, 4) is 11.5 Å². The van der Waals surface area contributed by atoms with E-state index in [-0.39, 0.29) is 11.4 Å². The number of anilines is 1. The molecule has 30 heavy (non-hydrogen) atoms. The van der Waals surface area contributed by atoms with Crippen molar-refractivity contribution in [3.63, 3.8) is 0 Å². The molecule has 1 aliphatic rings. The van der Waals surface area contributed by atoms with E-state index in [1.165, 1.54) is 13.2 Å². The van der Waals surface area contributed by atoms with E-state index in [1.807, 2.05) is 12.1 Å². The maximum Gasteiger partial charge on any atom is 0.258 e. The summed E-state index contributed by atoms with van der Waals surface area (Å²) in [6.07, 6.45) is 0.624. The summed E-state index contributed by atoms with van der Waals surface area (Å²) >= 11 is 0. The smallest absolute Gasteiger partial charge is 0.258 e. The number of hydrogen-bond donors (Lipinski definition) is 1. The molecule has 1 N–H and O–H groups in total. The van der Waals surface area contributed by atoms with Gasteiger partial charge in [-0.15, -0.1) is 0 Å². The molecule has 0 amide bonds. The summed E-state index contributed by atoms with van der Waals surface area (Å²) in [5, 5.41) is 0.468. The zero-order chi connectivity index (χ0) is 21.1. The van der Waals surface area contributed by atoms with Crippen molar-refractivity contribution in [2.45, 2.75) is 6.42 Å². The Balaban J connectivity index is 1.42. The second-order valence-corrected chi connectivity index (χ2v) is 7.27. The monoisotopic (exact) mass is 412 g/mol. The molecule has 1 saturated heterocycles. The average molecular weight is 412 g/mol. The van der Waals surface area contributed by atoms with E-state index in [0.29, 0.717) is 40.3 Å². The van der Waals surface area contributed by atoms with Crippen LogP contribution in [0.1, 0.15) is 5.82 Å². The Morgan fingerprint density at radius 1 is 1.07 bits per heavy atom. The number of aromatic nitrogens is 2. The van der Waals surface area contributed by atoms with E-state index in [4.69, 9.17) is 9.47 Å². The van der Waals surface area contributed by atoms with Gasteiger partial charge >= 0.3 is 0 Å². The van der Waals surface area contributed by atoms with Crippen LogP contribution in [0.15, 0.2) is 41.2 Å². The molecule has 2 heterocycles. The maximum absolute atomic E-state index is 14.0. The molecule has 1 fully saturated rings. The molecule has 2 aromatic carbocycles. The number of nitrogens with one attached hydrogen (secondary N) is 1. The number of nitrogens with zero attached hydrogens (tertiary/aromatic N) is 3. The molecule has 1 aliphatic heterocycles. The largest absolute Gasteiger partial charge is 0.493 e. The summed E-state index contributed by atoms with van der Waals surface area (Å²) in [5.74, 6) is 1.49. The average Bonchev–Trinajstić information content (AvgIpc) is 2.77. The molecule has 7 nitrogen and oxygen atoms in total. The van der Waals surface area contributed by atoms with Crippen LogP contribution in [0.4, 0.5) is 10.1 Å². The van der Waals surface area contributed by atoms with Gasteiger partial charge in [0.2, 0.25) is 0 Å². The number of benzene rings is 2. The van der Waals surface area contributed by atoms with Crippen molar-refractivity contribution < 1.29 is 13.9 Å². The molecule has 1 aromatic heterocycles. The molecular weight excluding hydrogens is 387 g/mol. The molecule has 8 heteroatoms. The van der Waals surface area contributed by atoms with Crippen molar-refractivity contribution in [3.05, 3.63) is 58.4 Å². The third-order valence-corrected chi connectivity index (χ3v) is 5.49. The fourth-order valence-electron chi connectivity index (χ4n) is 3.82. The van der Waals surface area contributed by atoms with Gasteiger partial charge in [-0.05, 0) is 18.2 Å². The van der Waals surface area contributed by atoms with Crippen molar-refractivity contribution in [2.75, 3.05) is 51.8 Å². The SMILES string of the molecule is COc1cc2nc(CCN3CCN(c4ccccc4F)CC3)[nH]c(=O)c2cc1OC. The van der Waals surface area contributed by atoms with Crippen LogP contribution in [0.3, 0.4) is 0 Å². The summed E-state index contributed by atoms with van der Waals surface area (Å²) in [4.78, 5) is 24.3. The van der Waals surface area contributed by atoms with Crippen molar-refractivity contribution >= 4 is 16.6 Å². The Morgan fingerprint density at radius 2 is 1.77 bits per heavy atom. The summed E-state index contributed by atoms with van der Waals surface area (Å²) < 4.78 is 24.6. The van der Waals surface area contributed by atoms with Gasteiger partial charge in [0.15, 0.2) is 11.5 Å². The summed E-state index contributed by atoms with van der Waals surface area (Å²) in [5.41, 5.74) is 1.04. The molecule has 0 unspecified atom stereocenters. The van der Waals surface area contributed by atoms with E-state index in [1.54, 1.807) is 25.3 Å². The zero-order valence-electron chi connectivity index (χ0n) is 17.2.